The van der Waals surface area contributed by atoms with E-state index in [1.165, 1.54) is 4.31 Å². The predicted octanol–water partition coefficient (Wildman–Crippen LogP) is 4.66. The summed E-state index contributed by atoms with van der Waals surface area (Å²) in [5.41, 5.74) is 1.40. The van der Waals surface area contributed by atoms with Crippen LogP contribution in [0.1, 0.15) is 29.0 Å². The van der Waals surface area contributed by atoms with Crippen LogP contribution in [0.2, 0.25) is 5.02 Å². The Labute approximate surface area is 172 Å². The highest BCUT2D eigenvalue weighted by Crippen LogP contribution is 2.48. The zero-order valence-electron chi connectivity index (χ0n) is 15.9. The van der Waals surface area contributed by atoms with Gasteiger partial charge in [-0.3, -0.25) is 4.31 Å². The predicted molar refractivity (Wildman–Crippen MR) is 106 cm³/mol. The van der Waals surface area contributed by atoms with Crippen LogP contribution in [0, 0.1) is 6.92 Å². The lowest BCUT2D eigenvalue weighted by molar-refractivity contribution is -0.137. The number of alkyl halides is 3. The lowest BCUT2D eigenvalue weighted by Crippen LogP contribution is -2.47. The highest BCUT2D eigenvalue weighted by Gasteiger charge is 2.47. The molecule has 0 N–H and O–H groups in total. The summed E-state index contributed by atoms with van der Waals surface area (Å²) >= 11 is 6.08. The van der Waals surface area contributed by atoms with E-state index in [4.69, 9.17) is 11.6 Å². The first-order valence-corrected chi connectivity index (χ1v) is 11.0. The van der Waals surface area contributed by atoms with Crippen LogP contribution in [0.3, 0.4) is 0 Å². The van der Waals surface area contributed by atoms with E-state index in [2.05, 4.69) is 4.90 Å². The van der Waals surface area contributed by atoms with E-state index in [0.717, 1.165) is 23.3 Å². The van der Waals surface area contributed by atoms with Crippen LogP contribution in [0.15, 0.2) is 41.3 Å². The van der Waals surface area contributed by atoms with E-state index in [0.29, 0.717) is 31.3 Å². The second-order valence-electron chi connectivity index (χ2n) is 7.73. The Morgan fingerprint density at radius 1 is 1.14 bits per heavy atom. The van der Waals surface area contributed by atoms with Gasteiger partial charge in [0.15, 0.2) is 0 Å². The largest absolute Gasteiger partial charge is 0.416 e. The monoisotopic (exact) mass is 444 g/mol. The SMILES string of the molecule is Cc1ccc2c(c1)C1CN(C)CCC1N2S(=O)(=O)c1cc(C(F)(F)F)ccc1Cl. The number of likely N-dealkylation sites (tertiary alicyclic amines) is 1. The average Bonchev–Trinajstić information content (AvgIpc) is 2.94. The molecule has 2 atom stereocenters. The molecule has 0 radical (unpaired) electrons. The molecule has 0 aliphatic carbocycles. The molecule has 0 spiro atoms. The molecule has 0 aromatic heterocycles. The summed E-state index contributed by atoms with van der Waals surface area (Å²) in [6.45, 7) is 3.32. The van der Waals surface area contributed by atoms with E-state index in [9.17, 15) is 21.6 Å². The van der Waals surface area contributed by atoms with Gasteiger partial charge in [-0.1, -0.05) is 29.3 Å². The first-order valence-electron chi connectivity index (χ1n) is 9.20. The second-order valence-corrected chi connectivity index (χ2v) is 9.92. The topological polar surface area (TPSA) is 40.6 Å². The maximum absolute atomic E-state index is 13.6. The molecule has 4 nitrogen and oxygen atoms in total. The van der Waals surface area contributed by atoms with Crippen LogP contribution in [0.25, 0.3) is 0 Å². The first kappa shape index (κ1) is 20.5. The minimum Gasteiger partial charge on any atom is -0.306 e. The lowest BCUT2D eigenvalue weighted by atomic mass is 9.89. The third-order valence-electron chi connectivity index (χ3n) is 5.70. The Morgan fingerprint density at radius 2 is 1.86 bits per heavy atom. The molecule has 4 rings (SSSR count). The van der Waals surface area contributed by atoms with E-state index >= 15 is 0 Å². The number of sulfonamides is 1. The molecule has 0 amide bonds. The molecular weight excluding hydrogens is 425 g/mol. The van der Waals surface area contributed by atoms with Gasteiger partial charge < -0.3 is 4.90 Å². The zero-order valence-corrected chi connectivity index (χ0v) is 17.4. The number of benzene rings is 2. The molecule has 9 heteroatoms. The number of fused-ring (bicyclic) bond motifs is 3. The number of likely N-dealkylation sites (N-methyl/N-ethyl adjacent to an activating group) is 1. The molecule has 2 unspecified atom stereocenters. The van der Waals surface area contributed by atoms with Gasteiger partial charge in [0.25, 0.3) is 10.0 Å². The fourth-order valence-electron chi connectivity index (χ4n) is 4.33. The van der Waals surface area contributed by atoms with E-state index in [-0.39, 0.29) is 17.0 Å². The minimum atomic E-state index is -4.66. The van der Waals surface area contributed by atoms with Crippen LogP contribution in [-0.2, 0) is 16.2 Å². The maximum Gasteiger partial charge on any atom is 0.416 e. The minimum absolute atomic E-state index is 0.0389. The van der Waals surface area contributed by atoms with Crippen molar-refractivity contribution in [1.82, 2.24) is 4.90 Å². The summed E-state index contributed by atoms with van der Waals surface area (Å²) in [6, 6.07) is 7.59. The van der Waals surface area contributed by atoms with Gasteiger partial charge in [0, 0.05) is 12.5 Å². The lowest BCUT2D eigenvalue weighted by Gasteiger charge is -2.36. The third kappa shape index (κ3) is 3.41. The molecule has 0 bridgehead atoms. The van der Waals surface area contributed by atoms with Crippen LogP contribution >= 0.6 is 11.6 Å². The molecular formula is C20H20ClF3N2O2S. The van der Waals surface area contributed by atoms with Crippen molar-refractivity contribution in [3.63, 3.8) is 0 Å². The Morgan fingerprint density at radius 3 is 2.55 bits per heavy atom. The van der Waals surface area contributed by atoms with E-state index in [1.807, 2.05) is 26.1 Å². The molecule has 1 fully saturated rings. The standard InChI is InChI=1S/C20H20ClF3N2O2S/c1-12-3-6-17-14(9-12)15-11-25(2)8-7-18(15)26(17)29(27,28)19-10-13(20(22,23)24)4-5-16(19)21/h3-6,9-10,15,18H,7-8,11H2,1-2H3. The van der Waals surface area contributed by atoms with Gasteiger partial charge in [-0.2, -0.15) is 13.2 Å². The van der Waals surface area contributed by atoms with Crippen molar-refractivity contribution in [3.8, 4) is 0 Å². The summed E-state index contributed by atoms with van der Waals surface area (Å²) in [4.78, 5) is 1.63. The number of aryl methyl sites for hydroxylation is 1. The Kier molecular flexibility index (Phi) is 4.87. The zero-order chi connectivity index (χ0) is 21.1. The highest BCUT2D eigenvalue weighted by atomic mass is 35.5. The number of nitrogens with zero attached hydrogens (tertiary/aromatic N) is 2. The molecule has 2 aromatic rings. The van der Waals surface area contributed by atoms with Crippen LogP contribution < -0.4 is 4.31 Å². The summed E-state index contributed by atoms with van der Waals surface area (Å²) in [7, 11) is -2.30. The molecule has 1 saturated heterocycles. The van der Waals surface area contributed by atoms with Gasteiger partial charge >= 0.3 is 6.18 Å². The molecule has 156 valence electrons. The van der Waals surface area contributed by atoms with Crippen LogP contribution in [0.5, 0.6) is 0 Å². The second kappa shape index (κ2) is 6.89. The van der Waals surface area contributed by atoms with Gasteiger partial charge in [0.05, 0.1) is 22.3 Å². The fraction of sp³-hybridized carbons (Fsp3) is 0.400. The van der Waals surface area contributed by atoms with Gasteiger partial charge in [0.1, 0.15) is 4.90 Å². The summed E-state index contributed by atoms with van der Waals surface area (Å²) in [6.07, 6.45) is -4.07. The molecule has 29 heavy (non-hydrogen) atoms. The number of halogens is 4. The number of piperidine rings is 1. The number of anilines is 1. The highest BCUT2D eigenvalue weighted by molar-refractivity contribution is 7.93. The number of rotatable bonds is 2. The quantitative estimate of drug-likeness (QED) is 0.676. The normalized spacial score (nSPS) is 22.5. The Bertz CT molecular complexity index is 1070. The maximum atomic E-state index is 13.6. The molecule has 2 heterocycles. The number of hydrogen-bond acceptors (Lipinski definition) is 3. The van der Waals surface area contributed by atoms with Crippen molar-refractivity contribution in [2.75, 3.05) is 24.4 Å². The van der Waals surface area contributed by atoms with Crippen LogP contribution in [0.4, 0.5) is 18.9 Å². The van der Waals surface area contributed by atoms with Crippen LogP contribution in [-0.4, -0.2) is 39.5 Å². The van der Waals surface area contributed by atoms with E-state index < -0.39 is 26.7 Å². The van der Waals surface area contributed by atoms with Gasteiger partial charge in [-0.25, -0.2) is 8.42 Å². The number of hydrogen-bond donors (Lipinski definition) is 0. The van der Waals surface area contributed by atoms with E-state index in [1.54, 1.807) is 6.07 Å². The fourth-order valence-corrected chi connectivity index (χ4v) is 6.58. The summed E-state index contributed by atoms with van der Waals surface area (Å²) < 4.78 is 68.1. The Hall–Kier alpha value is -1.77. The van der Waals surface area contributed by atoms with Gasteiger partial charge in [-0.15, -0.1) is 0 Å². The van der Waals surface area contributed by atoms with Crippen molar-refractivity contribution in [3.05, 3.63) is 58.1 Å². The molecule has 2 aliphatic heterocycles. The Balaban J connectivity index is 1.88. The van der Waals surface area contributed by atoms with Gasteiger partial charge in [-0.05, 0) is 56.8 Å². The van der Waals surface area contributed by atoms with Crippen molar-refractivity contribution >= 4 is 27.3 Å². The van der Waals surface area contributed by atoms with Gasteiger partial charge in [0.2, 0.25) is 0 Å². The van der Waals surface area contributed by atoms with Crippen molar-refractivity contribution in [2.45, 2.75) is 36.4 Å². The van der Waals surface area contributed by atoms with Crippen molar-refractivity contribution in [1.29, 1.82) is 0 Å². The third-order valence-corrected chi connectivity index (χ3v) is 8.02. The summed E-state index contributed by atoms with van der Waals surface area (Å²) in [5, 5.41) is -0.219. The average molecular weight is 445 g/mol. The van der Waals surface area contributed by atoms with Crippen molar-refractivity contribution < 1.29 is 21.6 Å². The smallest absolute Gasteiger partial charge is 0.306 e. The summed E-state index contributed by atoms with van der Waals surface area (Å²) in [5.74, 6) is -0.0389. The molecule has 2 aromatic carbocycles. The van der Waals surface area contributed by atoms with Crippen molar-refractivity contribution in [2.24, 2.45) is 0 Å². The molecule has 0 saturated carbocycles. The first-order chi connectivity index (χ1) is 13.5. The molecule has 2 aliphatic rings.